The first-order valence-electron chi connectivity index (χ1n) is 10.00. The van der Waals surface area contributed by atoms with E-state index in [2.05, 4.69) is 41.6 Å². The van der Waals surface area contributed by atoms with Crippen LogP contribution in [0.15, 0.2) is 34.8 Å². The van der Waals surface area contributed by atoms with Gasteiger partial charge in [-0.15, -0.1) is 22.6 Å². The number of hydrogen-bond donors (Lipinski definition) is 1. The zero-order chi connectivity index (χ0) is 21.6. The Bertz CT molecular complexity index is 1060. The first-order valence-corrected chi connectivity index (χ1v) is 10.8. The summed E-state index contributed by atoms with van der Waals surface area (Å²) in [5.74, 6) is 1.24. The van der Waals surface area contributed by atoms with Crippen LogP contribution >= 0.6 is 28.3 Å². The highest BCUT2D eigenvalue weighted by Crippen LogP contribution is 2.34. The van der Waals surface area contributed by atoms with Gasteiger partial charge in [0.25, 0.3) is 0 Å². The predicted molar refractivity (Wildman–Crippen MR) is 126 cm³/mol. The van der Waals surface area contributed by atoms with E-state index in [9.17, 15) is 4.39 Å². The van der Waals surface area contributed by atoms with Crippen molar-refractivity contribution in [2.24, 2.45) is 0 Å². The lowest BCUT2D eigenvalue weighted by Crippen LogP contribution is -2.37. The molecule has 0 spiro atoms. The number of ether oxygens (including phenoxy) is 3. The van der Waals surface area contributed by atoms with E-state index in [1.165, 1.54) is 6.07 Å². The van der Waals surface area contributed by atoms with Crippen molar-refractivity contribution in [3.05, 3.63) is 40.6 Å². The summed E-state index contributed by atoms with van der Waals surface area (Å²) in [5.41, 5.74) is 1.14. The highest BCUT2D eigenvalue weighted by Gasteiger charge is 2.14. The van der Waals surface area contributed by atoms with Gasteiger partial charge in [0.1, 0.15) is 11.3 Å². The zero-order valence-electron chi connectivity index (χ0n) is 17.5. The van der Waals surface area contributed by atoms with Gasteiger partial charge in [0.05, 0.1) is 36.8 Å². The maximum atomic E-state index is 13.9. The average molecular weight is 529 g/mol. The molecule has 172 valence electrons. The Morgan fingerprint density at radius 1 is 1.16 bits per heavy atom. The molecule has 0 atom stereocenters. The van der Waals surface area contributed by atoms with Crippen LogP contribution in [-0.4, -0.2) is 66.9 Å². The fraction of sp³-hybridized carbons (Fsp3) is 0.381. The summed E-state index contributed by atoms with van der Waals surface area (Å²) in [5, 5.41) is 15.8. The van der Waals surface area contributed by atoms with Gasteiger partial charge in [0, 0.05) is 31.4 Å². The van der Waals surface area contributed by atoms with Crippen molar-refractivity contribution in [2.45, 2.75) is 6.42 Å². The summed E-state index contributed by atoms with van der Waals surface area (Å²) >= 11 is 3.15. The quantitative estimate of drug-likeness (QED) is 0.436. The van der Waals surface area contributed by atoms with Crippen LogP contribution in [-0.2, 0) is 4.74 Å². The first-order chi connectivity index (χ1) is 15.1. The summed E-state index contributed by atoms with van der Waals surface area (Å²) in [6, 6.07) is 8.32. The van der Waals surface area contributed by atoms with Gasteiger partial charge in [-0.25, -0.2) is 4.39 Å². The van der Waals surface area contributed by atoms with E-state index >= 15 is 0 Å². The second-order valence-corrected chi connectivity index (χ2v) is 7.92. The number of aromatic nitrogens is 3. The Morgan fingerprint density at radius 3 is 2.72 bits per heavy atom. The van der Waals surface area contributed by atoms with E-state index in [0.29, 0.717) is 45.0 Å². The zero-order valence-corrected chi connectivity index (χ0v) is 19.9. The van der Waals surface area contributed by atoms with Crippen molar-refractivity contribution < 1.29 is 18.6 Å². The molecule has 0 aliphatic carbocycles. The molecule has 0 radical (unpaired) electrons. The molecule has 1 aromatic heterocycles. The van der Waals surface area contributed by atoms with Crippen LogP contribution in [0.5, 0.6) is 11.5 Å². The fourth-order valence-electron chi connectivity index (χ4n) is 3.36. The molecule has 11 heteroatoms. The van der Waals surface area contributed by atoms with Gasteiger partial charge in [0.15, 0.2) is 17.3 Å². The van der Waals surface area contributed by atoms with Crippen LogP contribution in [0.1, 0.15) is 6.42 Å². The number of methoxy groups -OCH3 is 1. The minimum atomic E-state index is -0.373. The number of anilines is 2. The van der Waals surface area contributed by atoms with Gasteiger partial charge in [-0.1, -0.05) is 0 Å². The summed E-state index contributed by atoms with van der Waals surface area (Å²) < 4.78 is 31.1. The molecule has 1 aliphatic heterocycles. The van der Waals surface area contributed by atoms with Crippen LogP contribution in [0.3, 0.4) is 0 Å². The lowest BCUT2D eigenvalue weighted by molar-refractivity contribution is 0.0357. The number of rotatable bonds is 8. The molecule has 1 saturated heterocycles. The standard InChI is InChI=1S/C21H23BrFN5O3.ClH/c1-29-19-12-15-18(13-20(19)31-8-2-5-28-6-9-30-10-7-28)25-27-26-21(15)24-14-3-4-16(22)17(23)11-14;/h3-4,11-13H,2,5-10H2,1H3,(H,24,25,26);1H. The molecule has 4 rings (SSSR count). The van der Waals surface area contributed by atoms with Crippen molar-refractivity contribution >= 4 is 50.7 Å². The molecule has 8 nitrogen and oxygen atoms in total. The molecule has 2 heterocycles. The highest BCUT2D eigenvalue weighted by molar-refractivity contribution is 9.10. The van der Waals surface area contributed by atoms with Gasteiger partial charge in [0.2, 0.25) is 0 Å². The predicted octanol–water partition coefficient (Wildman–Crippen LogP) is 4.20. The van der Waals surface area contributed by atoms with Crippen molar-refractivity contribution in [3.63, 3.8) is 0 Å². The fourth-order valence-corrected chi connectivity index (χ4v) is 3.61. The smallest absolute Gasteiger partial charge is 0.164 e. The third kappa shape index (κ3) is 5.94. The summed E-state index contributed by atoms with van der Waals surface area (Å²) in [7, 11) is 1.58. The minimum absolute atomic E-state index is 0. The molecular formula is C21H24BrClFN5O3. The number of halogens is 3. The highest BCUT2D eigenvalue weighted by atomic mass is 79.9. The summed E-state index contributed by atoms with van der Waals surface area (Å²) in [4.78, 5) is 2.37. The van der Waals surface area contributed by atoms with Gasteiger partial charge >= 0.3 is 0 Å². The topological polar surface area (TPSA) is 81.6 Å². The second kappa shape index (κ2) is 11.6. The number of fused-ring (bicyclic) bond motifs is 1. The SMILES string of the molecule is COc1cc2c(Nc3ccc(Br)c(F)c3)nnnc2cc1OCCCN1CCOCC1.Cl. The van der Waals surface area contributed by atoms with Crippen molar-refractivity contribution in [2.75, 3.05) is 51.9 Å². The van der Waals surface area contributed by atoms with Crippen LogP contribution < -0.4 is 14.8 Å². The normalized spacial score (nSPS) is 14.1. The number of nitrogens with one attached hydrogen (secondary N) is 1. The van der Waals surface area contributed by atoms with E-state index in [-0.39, 0.29) is 18.2 Å². The average Bonchev–Trinajstić information content (AvgIpc) is 2.79. The van der Waals surface area contributed by atoms with Crippen LogP contribution in [0.2, 0.25) is 0 Å². The van der Waals surface area contributed by atoms with Crippen LogP contribution in [0, 0.1) is 5.82 Å². The molecule has 0 saturated carbocycles. The number of nitrogens with zero attached hydrogens (tertiary/aromatic N) is 4. The van der Waals surface area contributed by atoms with Crippen molar-refractivity contribution in [1.82, 2.24) is 20.3 Å². The molecule has 1 N–H and O–H groups in total. The Morgan fingerprint density at radius 2 is 1.97 bits per heavy atom. The van der Waals surface area contributed by atoms with Crippen LogP contribution in [0.4, 0.5) is 15.9 Å². The van der Waals surface area contributed by atoms with Gasteiger partial charge in [-0.05, 0) is 51.8 Å². The number of benzene rings is 2. The Kier molecular flexibility index (Phi) is 8.80. The largest absolute Gasteiger partial charge is 0.493 e. The van der Waals surface area contributed by atoms with E-state index in [1.54, 1.807) is 31.4 Å². The molecule has 2 aromatic carbocycles. The van der Waals surface area contributed by atoms with Gasteiger partial charge < -0.3 is 19.5 Å². The molecule has 3 aromatic rings. The monoisotopic (exact) mass is 527 g/mol. The molecule has 1 fully saturated rings. The molecule has 0 unspecified atom stereocenters. The first kappa shape index (κ1) is 24.4. The van der Waals surface area contributed by atoms with E-state index < -0.39 is 0 Å². The minimum Gasteiger partial charge on any atom is -0.493 e. The molecular weight excluding hydrogens is 505 g/mol. The van der Waals surface area contributed by atoms with Crippen molar-refractivity contribution in [3.8, 4) is 11.5 Å². The molecule has 0 bridgehead atoms. The lowest BCUT2D eigenvalue weighted by atomic mass is 10.2. The van der Waals surface area contributed by atoms with E-state index in [1.807, 2.05) is 0 Å². The van der Waals surface area contributed by atoms with E-state index in [4.69, 9.17) is 14.2 Å². The number of hydrogen-bond acceptors (Lipinski definition) is 8. The van der Waals surface area contributed by atoms with Crippen molar-refractivity contribution in [1.29, 1.82) is 0 Å². The lowest BCUT2D eigenvalue weighted by Gasteiger charge is -2.26. The molecule has 0 amide bonds. The molecule has 32 heavy (non-hydrogen) atoms. The maximum absolute atomic E-state index is 13.9. The molecule has 1 aliphatic rings. The van der Waals surface area contributed by atoms with E-state index in [0.717, 1.165) is 39.3 Å². The third-order valence-electron chi connectivity index (χ3n) is 5.00. The second-order valence-electron chi connectivity index (χ2n) is 7.07. The maximum Gasteiger partial charge on any atom is 0.164 e. The number of morpholine rings is 1. The van der Waals surface area contributed by atoms with Gasteiger partial charge in [-0.2, -0.15) is 0 Å². The Balaban J connectivity index is 0.00000289. The Hall–Kier alpha value is -2.27. The van der Waals surface area contributed by atoms with Crippen LogP contribution in [0.25, 0.3) is 10.9 Å². The summed E-state index contributed by atoms with van der Waals surface area (Å²) in [6.45, 7) is 5.01. The van der Waals surface area contributed by atoms with Gasteiger partial charge in [-0.3, -0.25) is 4.90 Å². The summed E-state index contributed by atoms with van der Waals surface area (Å²) in [6.07, 6.45) is 0.894. The Labute approximate surface area is 200 Å². The third-order valence-corrected chi connectivity index (χ3v) is 5.64.